The van der Waals surface area contributed by atoms with Crippen LogP contribution in [0.15, 0.2) is 0 Å². The molecule has 1 aromatic rings. The number of nitrogens with zero attached hydrogens (tertiary/aromatic N) is 2. The smallest absolute Gasteiger partial charge is 0.169 e. The Hall–Kier alpha value is -1.12. The Morgan fingerprint density at radius 2 is 1.82 bits per heavy atom. The summed E-state index contributed by atoms with van der Waals surface area (Å²) in [7, 11) is 1.90. The van der Waals surface area contributed by atoms with Crippen molar-refractivity contribution in [3.8, 4) is 0 Å². The standard InChI is InChI=1S/C14H22N2O/c1-9-5-7-12(8-6-9)14(17)13-10(2)15-16(4)11(13)3/h9,12H,5-8H2,1-4H3. The summed E-state index contributed by atoms with van der Waals surface area (Å²) in [4.78, 5) is 12.5. The van der Waals surface area contributed by atoms with E-state index < -0.39 is 0 Å². The Labute approximate surface area is 103 Å². The van der Waals surface area contributed by atoms with Gasteiger partial charge in [0.2, 0.25) is 0 Å². The summed E-state index contributed by atoms with van der Waals surface area (Å²) in [6.07, 6.45) is 4.48. The van der Waals surface area contributed by atoms with Crippen molar-refractivity contribution in [3.63, 3.8) is 0 Å². The van der Waals surface area contributed by atoms with Gasteiger partial charge in [-0.3, -0.25) is 9.48 Å². The zero-order valence-corrected chi connectivity index (χ0v) is 11.3. The number of aryl methyl sites for hydroxylation is 2. The highest BCUT2D eigenvalue weighted by Crippen LogP contribution is 2.31. The molecular formula is C14H22N2O. The summed E-state index contributed by atoms with van der Waals surface area (Å²) in [5, 5.41) is 4.34. The van der Waals surface area contributed by atoms with E-state index in [0.29, 0.717) is 5.78 Å². The van der Waals surface area contributed by atoms with E-state index in [-0.39, 0.29) is 5.92 Å². The maximum Gasteiger partial charge on any atom is 0.169 e. The van der Waals surface area contributed by atoms with Gasteiger partial charge in [0.25, 0.3) is 0 Å². The molecule has 0 radical (unpaired) electrons. The molecule has 0 unspecified atom stereocenters. The second kappa shape index (κ2) is 4.63. The number of aromatic nitrogens is 2. The minimum Gasteiger partial charge on any atom is -0.294 e. The molecule has 0 aliphatic heterocycles. The molecule has 0 bridgehead atoms. The second-order valence-corrected chi connectivity index (χ2v) is 5.49. The Bertz CT molecular complexity index is 426. The molecular weight excluding hydrogens is 212 g/mol. The first-order valence-electron chi connectivity index (χ1n) is 6.55. The van der Waals surface area contributed by atoms with E-state index in [4.69, 9.17) is 0 Å². The predicted octanol–water partition coefficient (Wildman–Crippen LogP) is 3.05. The molecule has 1 fully saturated rings. The van der Waals surface area contributed by atoms with E-state index in [1.54, 1.807) is 0 Å². The summed E-state index contributed by atoms with van der Waals surface area (Å²) in [6.45, 7) is 6.20. The molecule has 1 aliphatic rings. The van der Waals surface area contributed by atoms with Crippen molar-refractivity contribution >= 4 is 5.78 Å². The Kier molecular flexibility index (Phi) is 3.36. The number of hydrogen-bond acceptors (Lipinski definition) is 2. The molecule has 0 N–H and O–H groups in total. The van der Waals surface area contributed by atoms with Crippen LogP contribution >= 0.6 is 0 Å². The minimum atomic E-state index is 0.229. The molecule has 1 aliphatic carbocycles. The first-order chi connectivity index (χ1) is 8.00. The molecule has 0 saturated heterocycles. The monoisotopic (exact) mass is 234 g/mol. The fraction of sp³-hybridized carbons (Fsp3) is 0.714. The lowest BCUT2D eigenvalue weighted by Crippen LogP contribution is -2.22. The molecule has 1 heterocycles. The van der Waals surface area contributed by atoms with Gasteiger partial charge in [0.05, 0.1) is 11.3 Å². The zero-order valence-electron chi connectivity index (χ0n) is 11.3. The average Bonchev–Trinajstić information content (AvgIpc) is 2.53. The van der Waals surface area contributed by atoms with Crippen molar-refractivity contribution in [1.82, 2.24) is 9.78 Å². The van der Waals surface area contributed by atoms with Gasteiger partial charge in [-0.1, -0.05) is 19.8 Å². The number of hydrogen-bond donors (Lipinski definition) is 0. The van der Waals surface area contributed by atoms with Crippen LogP contribution in [0.4, 0.5) is 0 Å². The highest BCUT2D eigenvalue weighted by Gasteiger charge is 2.28. The summed E-state index contributed by atoms with van der Waals surface area (Å²) in [6, 6.07) is 0. The fourth-order valence-corrected chi connectivity index (χ4v) is 2.86. The molecule has 0 spiro atoms. The molecule has 2 rings (SSSR count). The highest BCUT2D eigenvalue weighted by atomic mass is 16.1. The summed E-state index contributed by atoms with van der Waals surface area (Å²) < 4.78 is 1.81. The quantitative estimate of drug-likeness (QED) is 0.737. The Morgan fingerprint density at radius 1 is 1.24 bits per heavy atom. The van der Waals surface area contributed by atoms with E-state index in [1.807, 2.05) is 25.6 Å². The van der Waals surface area contributed by atoms with E-state index in [0.717, 1.165) is 35.7 Å². The Balaban J connectivity index is 2.20. The average molecular weight is 234 g/mol. The van der Waals surface area contributed by atoms with Crippen molar-refractivity contribution in [1.29, 1.82) is 0 Å². The lowest BCUT2D eigenvalue weighted by molar-refractivity contribution is 0.0874. The van der Waals surface area contributed by atoms with Gasteiger partial charge in [0.15, 0.2) is 5.78 Å². The molecule has 1 saturated carbocycles. The van der Waals surface area contributed by atoms with Gasteiger partial charge in [-0.25, -0.2) is 0 Å². The third-order valence-corrected chi connectivity index (χ3v) is 4.14. The van der Waals surface area contributed by atoms with Crippen LogP contribution in [-0.4, -0.2) is 15.6 Å². The van der Waals surface area contributed by atoms with Gasteiger partial charge in [-0.15, -0.1) is 0 Å². The van der Waals surface area contributed by atoms with E-state index in [9.17, 15) is 4.79 Å². The van der Waals surface area contributed by atoms with E-state index in [2.05, 4.69) is 12.0 Å². The van der Waals surface area contributed by atoms with Gasteiger partial charge >= 0.3 is 0 Å². The van der Waals surface area contributed by atoms with Crippen molar-refractivity contribution in [2.75, 3.05) is 0 Å². The lowest BCUT2D eigenvalue weighted by Gasteiger charge is -2.25. The molecule has 1 aromatic heterocycles. The maximum atomic E-state index is 12.5. The first-order valence-corrected chi connectivity index (χ1v) is 6.55. The minimum absolute atomic E-state index is 0.229. The fourth-order valence-electron chi connectivity index (χ4n) is 2.86. The van der Waals surface area contributed by atoms with Crippen LogP contribution in [0.2, 0.25) is 0 Å². The van der Waals surface area contributed by atoms with Crippen molar-refractivity contribution in [3.05, 3.63) is 17.0 Å². The number of ketones is 1. The lowest BCUT2D eigenvalue weighted by atomic mass is 9.79. The zero-order chi connectivity index (χ0) is 12.6. The van der Waals surface area contributed by atoms with Gasteiger partial charge in [0, 0.05) is 18.7 Å². The number of carbonyl (C=O) groups excluding carboxylic acids is 1. The van der Waals surface area contributed by atoms with Crippen LogP contribution in [0.25, 0.3) is 0 Å². The predicted molar refractivity (Wildman–Crippen MR) is 68.1 cm³/mol. The highest BCUT2D eigenvalue weighted by molar-refractivity contribution is 5.99. The van der Waals surface area contributed by atoms with Crippen LogP contribution in [-0.2, 0) is 7.05 Å². The maximum absolute atomic E-state index is 12.5. The molecule has 0 amide bonds. The largest absolute Gasteiger partial charge is 0.294 e. The van der Waals surface area contributed by atoms with Crippen molar-refractivity contribution in [2.24, 2.45) is 18.9 Å². The molecule has 0 aromatic carbocycles. The molecule has 3 heteroatoms. The SMILES string of the molecule is Cc1nn(C)c(C)c1C(=O)C1CCC(C)CC1. The second-order valence-electron chi connectivity index (χ2n) is 5.49. The van der Waals surface area contributed by atoms with Crippen LogP contribution in [0.1, 0.15) is 54.4 Å². The van der Waals surface area contributed by atoms with Crippen molar-refractivity contribution in [2.45, 2.75) is 46.5 Å². The number of Topliss-reactive ketones (excluding diaryl/α,β-unsaturated/α-hetero) is 1. The van der Waals surface area contributed by atoms with Gasteiger partial charge < -0.3 is 0 Å². The Morgan fingerprint density at radius 3 is 2.29 bits per heavy atom. The van der Waals surface area contributed by atoms with E-state index in [1.165, 1.54) is 12.8 Å². The third-order valence-electron chi connectivity index (χ3n) is 4.14. The summed E-state index contributed by atoms with van der Waals surface area (Å²) >= 11 is 0. The summed E-state index contributed by atoms with van der Waals surface area (Å²) in [5.74, 6) is 1.34. The third kappa shape index (κ3) is 2.28. The summed E-state index contributed by atoms with van der Waals surface area (Å²) in [5.41, 5.74) is 2.76. The van der Waals surface area contributed by atoms with Crippen LogP contribution in [0, 0.1) is 25.7 Å². The number of carbonyl (C=O) groups is 1. The molecule has 17 heavy (non-hydrogen) atoms. The van der Waals surface area contributed by atoms with Gasteiger partial charge in [-0.05, 0) is 32.6 Å². The van der Waals surface area contributed by atoms with Crippen molar-refractivity contribution < 1.29 is 4.79 Å². The van der Waals surface area contributed by atoms with Crippen LogP contribution in [0.5, 0.6) is 0 Å². The first kappa shape index (κ1) is 12.3. The number of rotatable bonds is 2. The van der Waals surface area contributed by atoms with Crippen LogP contribution < -0.4 is 0 Å². The topological polar surface area (TPSA) is 34.9 Å². The molecule has 0 atom stereocenters. The molecule has 3 nitrogen and oxygen atoms in total. The van der Waals surface area contributed by atoms with Crippen LogP contribution in [0.3, 0.4) is 0 Å². The van der Waals surface area contributed by atoms with Gasteiger partial charge in [-0.2, -0.15) is 5.10 Å². The molecule has 94 valence electrons. The normalized spacial score (nSPS) is 24.9. The van der Waals surface area contributed by atoms with E-state index >= 15 is 0 Å². The van der Waals surface area contributed by atoms with Gasteiger partial charge in [0.1, 0.15) is 0 Å².